The number of unbranched alkanes of at least 4 members (excludes halogenated alkanes) is 2. The quantitative estimate of drug-likeness (QED) is 0.698. The molecule has 0 aromatic carbocycles. The summed E-state index contributed by atoms with van der Waals surface area (Å²) < 4.78 is 0. The predicted molar refractivity (Wildman–Crippen MR) is 64.9 cm³/mol. The molecule has 1 aliphatic rings. The molecular weight excluding hydrogens is 220 g/mol. The highest BCUT2D eigenvalue weighted by molar-refractivity contribution is 5.74. The lowest BCUT2D eigenvalue weighted by atomic mass is 10.2. The third kappa shape index (κ3) is 5.06. The number of carboxylic acids is 1. The summed E-state index contributed by atoms with van der Waals surface area (Å²) in [5.41, 5.74) is 0. The van der Waals surface area contributed by atoms with Gasteiger partial charge < -0.3 is 15.3 Å². The summed E-state index contributed by atoms with van der Waals surface area (Å²) in [6.45, 7) is 3.56. The lowest BCUT2D eigenvalue weighted by Gasteiger charge is -2.21. The van der Waals surface area contributed by atoms with E-state index in [2.05, 4.69) is 12.2 Å². The van der Waals surface area contributed by atoms with E-state index in [1.54, 1.807) is 0 Å². The van der Waals surface area contributed by atoms with E-state index in [1.807, 2.05) is 4.90 Å². The van der Waals surface area contributed by atoms with Crippen LogP contribution in [0.3, 0.4) is 0 Å². The van der Waals surface area contributed by atoms with Crippen LogP contribution in [0.25, 0.3) is 0 Å². The molecule has 1 rings (SSSR count). The number of likely N-dealkylation sites (tertiary alicyclic amines) is 1. The van der Waals surface area contributed by atoms with Crippen LogP contribution in [0.1, 0.15) is 45.4 Å². The largest absolute Gasteiger partial charge is 0.481 e. The molecule has 0 spiro atoms. The Morgan fingerprint density at radius 3 is 2.71 bits per heavy atom. The molecule has 1 unspecified atom stereocenters. The van der Waals surface area contributed by atoms with Crippen LogP contribution in [0.4, 0.5) is 4.79 Å². The maximum absolute atomic E-state index is 11.7. The summed E-state index contributed by atoms with van der Waals surface area (Å²) in [6.07, 6.45) is 4.78. The number of carbonyl (C=O) groups is 2. The van der Waals surface area contributed by atoms with Crippen molar-refractivity contribution < 1.29 is 14.7 Å². The number of amides is 2. The Bertz CT molecular complexity index is 268. The predicted octanol–water partition coefficient (Wildman–Crippen LogP) is 1.83. The Hall–Kier alpha value is -1.26. The molecule has 5 heteroatoms. The second-order valence-corrected chi connectivity index (χ2v) is 4.62. The Morgan fingerprint density at radius 1 is 1.35 bits per heavy atom. The summed E-state index contributed by atoms with van der Waals surface area (Å²) in [5.74, 6) is -0.750. The van der Waals surface area contributed by atoms with Crippen molar-refractivity contribution in [2.24, 2.45) is 0 Å². The average Bonchev–Trinajstić information content (AvgIpc) is 2.69. The highest BCUT2D eigenvalue weighted by Gasteiger charge is 2.24. The van der Waals surface area contributed by atoms with Gasteiger partial charge in [-0.2, -0.15) is 0 Å². The maximum atomic E-state index is 11.7. The Balaban J connectivity index is 2.02. The van der Waals surface area contributed by atoms with Crippen molar-refractivity contribution in [3.63, 3.8) is 0 Å². The van der Waals surface area contributed by atoms with Crippen LogP contribution in [0, 0.1) is 0 Å². The van der Waals surface area contributed by atoms with Crippen molar-refractivity contribution in [3.05, 3.63) is 0 Å². The van der Waals surface area contributed by atoms with E-state index in [0.717, 1.165) is 32.2 Å². The Kier molecular flexibility index (Phi) is 5.80. The molecule has 1 atom stereocenters. The molecule has 0 aliphatic carbocycles. The maximum Gasteiger partial charge on any atom is 0.317 e. The lowest BCUT2D eigenvalue weighted by molar-refractivity contribution is -0.137. The van der Waals surface area contributed by atoms with Crippen LogP contribution in [-0.2, 0) is 4.79 Å². The molecule has 0 aromatic heterocycles. The van der Waals surface area contributed by atoms with Gasteiger partial charge in [-0.15, -0.1) is 0 Å². The third-order valence-electron chi connectivity index (χ3n) is 3.16. The number of hydrogen-bond acceptors (Lipinski definition) is 2. The van der Waals surface area contributed by atoms with Gasteiger partial charge in [-0.05, 0) is 32.6 Å². The minimum atomic E-state index is -0.750. The minimum absolute atomic E-state index is 0.0215. The SMILES string of the molecule is CC1CCCN1C(=O)NCCCCCC(=O)O. The van der Waals surface area contributed by atoms with Crippen LogP contribution < -0.4 is 5.32 Å². The topological polar surface area (TPSA) is 69.6 Å². The normalized spacial score (nSPS) is 19.4. The van der Waals surface area contributed by atoms with Gasteiger partial charge in [0.05, 0.1) is 0 Å². The van der Waals surface area contributed by atoms with Gasteiger partial charge in [-0.25, -0.2) is 4.79 Å². The summed E-state index contributed by atoms with van der Waals surface area (Å²) in [4.78, 5) is 23.9. The van der Waals surface area contributed by atoms with Gasteiger partial charge in [0, 0.05) is 25.6 Å². The van der Waals surface area contributed by atoms with Crippen LogP contribution >= 0.6 is 0 Å². The number of urea groups is 1. The number of carbonyl (C=O) groups excluding carboxylic acids is 1. The highest BCUT2D eigenvalue weighted by Crippen LogP contribution is 2.15. The van der Waals surface area contributed by atoms with Crippen LogP contribution in [0.2, 0.25) is 0 Å². The van der Waals surface area contributed by atoms with Gasteiger partial charge in [-0.1, -0.05) is 6.42 Å². The van der Waals surface area contributed by atoms with Crippen molar-refractivity contribution in [2.45, 2.75) is 51.5 Å². The lowest BCUT2D eigenvalue weighted by Crippen LogP contribution is -2.42. The smallest absolute Gasteiger partial charge is 0.317 e. The molecule has 0 radical (unpaired) electrons. The van der Waals surface area contributed by atoms with Crippen LogP contribution in [0.15, 0.2) is 0 Å². The molecule has 2 amide bonds. The average molecular weight is 242 g/mol. The number of hydrogen-bond donors (Lipinski definition) is 2. The number of aliphatic carboxylic acids is 1. The van der Waals surface area contributed by atoms with E-state index >= 15 is 0 Å². The van der Waals surface area contributed by atoms with Gasteiger partial charge in [-0.3, -0.25) is 4.79 Å². The molecule has 1 fully saturated rings. The van der Waals surface area contributed by atoms with E-state index in [0.29, 0.717) is 19.0 Å². The Morgan fingerprint density at radius 2 is 2.12 bits per heavy atom. The van der Waals surface area contributed by atoms with Crippen molar-refractivity contribution in [2.75, 3.05) is 13.1 Å². The van der Waals surface area contributed by atoms with Gasteiger partial charge in [0.2, 0.25) is 0 Å². The summed E-state index contributed by atoms with van der Waals surface area (Å²) in [7, 11) is 0. The zero-order valence-electron chi connectivity index (χ0n) is 10.4. The van der Waals surface area contributed by atoms with Crippen molar-refractivity contribution in [3.8, 4) is 0 Å². The van der Waals surface area contributed by atoms with E-state index in [-0.39, 0.29) is 12.5 Å². The van der Waals surface area contributed by atoms with Crippen LogP contribution in [-0.4, -0.2) is 41.1 Å². The molecule has 5 nitrogen and oxygen atoms in total. The fraction of sp³-hybridized carbons (Fsp3) is 0.833. The number of nitrogens with one attached hydrogen (secondary N) is 1. The van der Waals surface area contributed by atoms with E-state index < -0.39 is 5.97 Å². The second kappa shape index (κ2) is 7.14. The molecule has 2 N–H and O–H groups in total. The molecule has 1 heterocycles. The zero-order chi connectivity index (χ0) is 12.7. The summed E-state index contributed by atoms with van der Waals surface area (Å²) in [5, 5.41) is 11.3. The third-order valence-corrected chi connectivity index (χ3v) is 3.16. The molecule has 1 saturated heterocycles. The molecule has 98 valence electrons. The first-order valence-electron chi connectivity index (χ1n) is 6.37. The van der Waals surface area contributed by atoms with E-state index in [4.69, 9.17) is 5.11 Å². The number of carboxylic acid groups (broad SMARTS) is 1. The first kappa shape index (κ1) is 13.8. The van der Waals surface area contributed by atoms with Gasteiger partial charge >= 0.3 is 12.0 Å². The fourth-order valence-corrected chi connectivity index (χ4v) is 2.11. The van der Waals surface area contributed by atoms with Crippen LogP contribution in [0.5, 0.6) is 0 Å². The minimum Gasteiger partial charge on any atom is -0.481 e. The summed E-state index contributed by atoms with van der Waals surface area (Å²) >= 11 is 0. The molecular formula is C12H22N2O3. The molecule has 0 aromatic rings. The first-order valence-corrected chi connectivity index (χ1v) is 6.37. The number of nitrogens with zero attached hydrogens (tertiary/aromatic N) is 1. The second-order valence-electron chi connectivity index (χ2n) is 4.62. The number of rotatable bonds is 6. The fourth-order valence-electron chi connectivity index (χ4n) is 2.11. The molecule has 0 bridgehead atoms. The molecule has 0 saturated carbocycles. The highest BCUT2D eigenvalue weighted by atomic mass is 16.4. The molecule has 1 aliphatic heterocycles. The molecule has 17 heavy (non-hydrogen) atoms. The first-order chi connectivity index (χ1) is 8.11. The standard InChI is InChI=1S/C12H22N2O3/c1-10-6-5-9-14(10)12(17)13-8-4-2-3-7-11(15)16/h10H,2-9H2,1H3,(H,13,17)(H,15,16). The van der Waals surface area contributed by atoms with Crippen molar-refractivity contribution in [1.82, 2.24) is 10.2 Å². The van der Waals surface area contributed by atoms with E-state index in [9.17, 15) is 9.59 Å². The van der Waals surface area contributed by atoms with Gasteiger partial charge in [0.1, 0.15) is 0 Å². The Labute approximate surface area is 102 Å². The van der Waals surface area contributed by atoms with Gasteiger partial charge in [0.15, 0.2) is 0 Å². The monoisotopic (exact) mass is 242 g/mol. The van der Waals surface area contributed by atoms with Crippen molar-refractivity contribution >= 4 is 12.0 Å². The van der Waals surface area contributed by atoms with E-state index in [1.165, 1.54) is 0 Å². The zero-order valence-corrected chi connectivity index (χ0v) is 10.4. The van der Waals surface area contributed by atoms with Crippen molar-refractivity contribution in [1.29, 1.82) is 0 Å². The van der Waals surface area contributed by atoms with Gasteiger partial charge in [0.25, 0.3) is 0 Å². The summed E-state index contributed by atoms with van der Waals surface area (Å²) in [6, 6.07) is 0.371.